The molecule has 2 aliphatic heterocycles. The highest BCUT2D eigenvalue weighted by molar-refractivity contribution is 6.02. The fraction of sp³-hybridized carbons (Fsp3) is 0.0833. The molecule has 0 spiro atoms. The Kier molecular flexibility index (Phi) is 5.94. The van der Waals surface area contributed by atoms with E-state index in [0.717, 1.165) is 55.8 Å². The number of benzene rings is 6. The van der Waals surface area contributed by atoms with Gasteiger partial charge in [0.25, 0.3) is 0 Å². The van der Waals surface area contributed by atoms with Crippen molar-refractivity contribution in [3.63, 3.8) is 0 Å². The molecule has 12 rings (SSSR count). The van der Waals surface area contributed by atoms with Gasteiger partial charge in [-0.3, -0.25) is 4.57 Å². The van der Waals surface area contributed by atoms with Gasteiger partial charge in [0.1, 0.15) is 17.6 Å². The largest absolute Gasteiger partial charge is 0.485 e. The van der Waals surface area contributed by atoms with Gasteiger partial charge in [0.15, 0.2) is 6.10 Å². The SMILES string of the molecule is C1=CC2Oc3ccc(C4=CC5c6ccccc6OC5c5c4c4ccccc4n5-c4nc(-c5ccc6ccccc6c5)c5ccccc5n4)cc3C2C=C1. The van der Waals surface area contributed by atoms with Crippen molar-refractivity contribution in [3.8, 4) is 28.7 Å². The van der Waals surface area contributed by atoms with Crippen LogP contribution in [0.2, 0.25) is 0 Å². The van der Waals surface area contributed by atoms with Crippen molar-refractivity contribution in [1.29, 1.82) is 0 Å². The van der Waals surface area contributed by atoms with Gasteiger partial charge in [0, 0.05) is 44.9 Å². The van der Waals surface area contributed by atoms with E-state index in [9.17, 15) is 0 Å². The van der Waals surface area contributed by atoms with Crippen molar-refractivity contribution in [2.24, 2.45) is 0 Å². The third-order valence-electron chi connectivity index (χ3n) is 11.5. The van der Waals surface area contributed by atoms with Crippen molar-refractivity contribution in [2.45, 2.75) is 24.0 Å². The average molecular weight is 682 g/mol. The second-order valence-corrected chi connectivity index (χ2v) is 14.4. The molecule has 4 aliphatic rings. The lowest BCUT2D eigenvalue weighted by molar-refractivity contribution is 0.215. The van der Waals surface area contributed by atoms with Crippen LogP contribution >= 0.6 is 0 Å². The zero-order valence-corrected chi connectivity index (χ0v) is 28.6. The lowest BCUT2D eigenvalue weighted by atomic mass is 9.79. The van der Waals surface area contributed by atoms with Crippen molar-refractivity contribution in [3.05, 3.63) is 192 Å². The van der Waals surface area contributed by atoms with E-state index in [1.165, 1.54) is 33.0 Å². The molecule has 2 aliphatic carbocycles. The first-order valence-corrected chi connectivity index (χ1v) is 18.3. The predicted molar refractivity (Wildman–Crippen MR) is 211 cm³/mol. The van der Waals surface area contributed by atoms with Gasteiger partial charge in [0.2, 0.25) is 5.95 Å². The third kappa shape index (κ3) is 4.19. The van der Waals surface area contributed by atoms with E-state index in [2.05, 4.69) is 168 Å². The van der Waals surface area contributed by atoms with Gasteiger partial charge in [-0.15, -0.1) is 0 Å². The summed E-state index contributed by atoms with van der Waals surface area (Å²) in [7, 11) is 0. The zero-order chi connectivity index (χ0) is 34.6. The predicted octanol–water partition coefficient (Wildman–Crippen LogP) is 11.0. The van der Waals surface area contributed by atoms with E-state index >= 15 is 0 Å². The molecule has 5 nitrogen and oxygen atoms in total. The lowest BCUT2D eigenvalue weighted by Gasteiger charge is -2.27. The van der Waals surface area contributed by atoms with Gasteiger partial charge in [0.05, 0.1) is 22.4 Å². The molecule has 5 heteroatoms. The average Bonchev–Trinajstić information content (AvgIpc) is 3.89. The molecule has 4 unspecified atom stereocenters. The number of para-hydroxylation sites is 3. The molecule has 0 N–H and O–H groups in total. The highest BCUT2D eigenvalue weighted by Crippen LogP contribution is 2.56. The Hall–Kier alpha value is -6.72. The van der Waals surface area contributed by atoms with Gasteiger partial charge in [-0.2, -0.15) is 0 Å². The highest BCUT2D eigenvalue weighted by Gasteiger charge is 2.44. The summed E-state index contributed by atoms with van der Waals surface area (Å²) in [6, 6.07) is 47.3. The number of fused-ring (bicyclic) bond motifs is 12. The van der Waals surface area contributed by atoms with Gasteiger partial charge < -0.3 is 9.47 Å². The number of rotatable bonds is 3. The van der Waals surface area contributed by atoms with E-state index in [1.54, 1.807) is 0 Å². The Labute approximate surface area is 305 Å². The maximum absolute atomic E-state index is 6.95. The Morgan fingerprint density at radius 3 is 2.30 bits per heavy atom. The Morgan fingerprint density at radius 2 is 1.34 bits per heavy atom. The van der Waals surface area contributed by atoms with Crippen LogP contribution < -0.4 is 9.47 Å². The molecule has 4 atom stereocenters. The smallest absolute Gasteiger partial charge is 0.235 e. The number of allylic oxidation sites excluding steroid dienone is 2. The normalized spacial score (nSPS) is 20.3. The van der Waals surface area contributed by atoms with Gasteiger partial charge >= 0.3 is 0 Å². The molecular weight excluding hydrogens is 651 g/mol. The number of hydrogen-bond donors (Lipinski definition) is 0. The quantitative estimate of drug-likeness (QED) is 0.186. The first-order valence-electron chi connectivity index (χ1n) is 18.3. The van der Waals surface area contributed by atoms with Crippen LogP contribution in [0.5, 0.6) is 11.5 Å². The van der Waals surface area contributed by atoms with E-state index < -0.39 is 0 Å². The molecule has 2 aromatic heterocycles. The fourth-order valence-electron chi connectivity index (χ4n) is 9.10. The summed E-state index contributed by atoms with van der Waals surface area (Å²) in [6.45, 7) is 0. The van der Waals surface area contributed by atoms with Crippen LogP contribution in [0.25, 0.3) is 55.4 Å². The van der Waals surface area contributed by atoms with Crippen molar-refractivity contribution >= 4 is 38.2 Å². The van der Waals surface area contributed by atoms with Crippen molar-refractivity contribution in [1.82, 2.24) is 14.5 Å². The summed E-state index contributed by atoms with van der Waals surface area (Å²) >= 11 is 0. The Morgan fingerprint density at radius 1 is 0.566 bits per heavy atom. The van der Waals surface area contributed by atoms with E-state index in [4.69, 9.17) is 19.4 Å². The number of ether oxygens (including phenoxy) is 2. The van der Waals surface area contributed by atoms with Crippen LogP contribution in [0.4, 0.5) is 0 Å². The summed E-state index contributed by atoms with van der Waals surface area (Å²) in [4.78, 5) is 10.8. The molecule has 53 heavy (non-hydrogen) atoms. The van der Waals surface area contributed by atoms with Gasteiger partial charge in [-0.25, -0.2) is 9.97 Å². The topological polar surface area (TPSA) is 49.2 Å². The van der Waals surface area contributed by atoms with Gasteiger partial charge in [-0.05, 0) is 64.4 Å². The van der Waals surface area contributed by atoms with Crippen LogP contribution in [-0.4, -0.2) is 20.6 Å². The Balaban J connectivity index is 1.13. The number of hydrogen-bond acceptors (Lipinski definition) is 4. The Bertz CT molecular complexity index is 2950. The van der Waals surface area contributed by atoms with Crippen LogP contribution in [0.1, 0.15) is 45.9 Å². The van der Waals surface area contributed by atoms with Crippen molar-refractivity contribution < 1.29 is 9.47 Å². The molecule has 0 saturated heterocycles. The molecule has 0 bridgehead atoms. The third-order valence-corrected chi connectivity index (χ3v) is 11.5. The molecule has 6 aromatic carbocycles. The molecule has 250 valence electrons. The van der Waals surface area contributed by atoms with Crippen LogP contribution in [-0.2, 0) is 0 Å². The molecule has 0 amide bonds. The van der Waals surface area contributed by atoms with Crippen LogP contribution in [0.3, 0.4) is 0 Å². The molecule has 0 fully saturated rings. The summed E-state index contributed by atoms with van der Waals surface area (Å²) in [5.41, 5.74) is 10.9. The lowest BCUT2D eigenvalue weighted by Crippen LogP contribution is -2.20. The first-order chi connectivity index (χ1) is 26.3. The minimum absolute atomic E-state index is 0.00643. The number of aromatic nitrogens is 3. The maximum Gasteiger partial charge on any atom is 0.235 e. The second kappa shape index (κ2) is 10.9. The van der Waals surface area contributed by atoms with E-state index in [1.807, 2.05) is 0 Å². The minimum atomic E-state index is -0.258. The van der Waals surface area contributed by atoms with Crippen LogP contribution in [0.15, 0.2) is 164 Å². The summed E-state index contributed by atoms with van der Waals surface area (Å²) < 4.78 is 15.6. The van der Waals surface area contributed by atoms with Crippen molar-refractivity contribution in [2.75, 3.05) is 0 Å². The summed E-state index contributed by atoms with van der Waals surface area (Å²) in [6.07, 6.45) is 10.8. The first kappa shape index (κ1) is 28.9. The second-order valence-electron chi connectivity index (χ2n) is 14.4. The molecular formula is C48H31N3O2. The summed E-state index contributed by atoms with van der Waals surface area (Å²) in [5, 5.41) is 4.54. The van der Waals surface area contributed by atoms with Gasteiger partial charge in [-0.1, -0.05) is 121 Å². The summed E-state index contributed by atoms with van der Waals surface area (Å²) in [5.74, 6) is 2.71. The fourth-order valence-corrected chi connectivity index (χ4v) is 9.10. The standard InChI is InChI=1S/C48H31N3O2/c1-2-12-29-25-31(22-21-28(29)11-1)45-34-15-3-7-17-39(34)49-48(50-45)51-40-18-8-4-16-35(40)44-36(27-38-33-14-6-10-20-42(33)53-47(38)46(44)51)30-23-24-43-37(26-30)32-13-5-9-19-41(32)52-43/h1-27,32,38,41,47H. The molecule has 4 heterocycles. The van der Waals surface area contributed by atoms with E-state index in [0.29, 0.717) is 5.95 Å². The minimum Gasteiger partial charge on any atom is -0.485 e. The molecule has 0 saturated carbocycles. The monoisotopic (exact) mass is 681 g/mol. The van der Waals surface area contributed by atoms with Crippen LogP contribution in [0, 0.1) is 0 Å². The maximum atomic E-state index is 6.95. The molecule has 0 radical (unpaired) electrons. The number of nitrogens with zero attached hydrogens (tertiary/aromatic N) is 3. The van der Waals surface area contributed by atoms with E-state index in [-0.39, 0.29) is 24.0 Å². The molecule has 8 aromatic rings. The highest BCUT2D eigenvalue weighted by atomic mass is 16.5. The zero-order valence-electron chi connectivity index (χ0n) is 28.6.